The van der Waals surface area contributed by atoms with Gasteiger partial charge in [-0.25, -0.2) is 4.98 Å². The van der Waals surface area contributed by atoms with E-state index < -0.39 is 11.9 Å². The van der Waals surface area contributed by atoms with Crippen LogP contribution in [0.15, 0.2) is 48.5 Å². The fourth-order valence-electron chi connectivity index (χ4n) is 2.22. The molecule has 24 heavy (non-hydrogen) atoms. The van der Waals surface area contributed by atoms with Gasteiger partial charge in [-0.1, -0.05) is 35.9 Å². The van der Waals surface area contributed by atoms with E-state index in [1.807, 2.05) is 24.3 Å². The van der Waals surface area contributed by atoms with E-state index in [1.54, 1.807) is 31.2 Å². The summed E-state index contributed by atoms with van der Waals surface area (Å²) in [5.74, 6) is -0.456. The summed E-state index contributed by atoms with van der Waals surface area (Å²) in [5.41, 5.74) is 1.89. The highest BCUT2D eigenvalue weighted by atomic mass is 35.5. The highest BCUT2D eigenvalue weighted by molar-refractivity contribution is 6.33. The van der Waals surface area contributed by atoms with Crippen LogP contribution in [-0.2, 0) is 4.79 Å². The number of hydrogen-bond acceptors (Lipinski definition) is 3. The molecule has 1 aromatic heterocycles. The van der Waals surface area contributed by atoms with E-state index >= 15 is 0 Å². The van der Waals surface area contributed by atoms with Gasteiger partial charge in [0, 0.05) is 0 Å². The van der Waals surface area contributed by atoms with E-state index in [2.05, 4.69) is 20.6 Å². The molecule has 0 unspecified atom stereocenters. The second-order valence-corrected chi connectivity index (χ2v) is 5.67. The molecule has 7 heteroatoms. The third-order valence-corrected chi connectivity index (χ3v) is 3.82. The number of imidazole rings is 1. The summed E-state index contributed by atoms with van der Waals surface area (Å²) in [6.07, 6.45) is 0. The number of H-pyrrole nitrogens is 1. The molecule has 0 aliphatic heterocycles. The minimum Gasteiger partial charge on any atom is -0.340 e. The number of hydrogen-bond donors (Lipinski definition) is 3. The number of nitrogens with one attached hydrogen (secondary N) is 3. The van der Waals surface area contributed by atoms with Crippen LogP contribution in [-0.4, -0.2) is 27.8 Å². The molecule has 0 bridgehead atoms. The van der Waals surface area contributed by atoms with Crippen molar-refractivity contribution in [1.29, 1.82) is 0 Å². The number of carbonyl (C=O) groups excluding carboxylic acids is 2. The Labute approximate surface area is 143 Å². The Hall–Kier alpha value is -2.86. The summed E-state index contributed by atoms with van der Waals surface area (Å²) in [7, 11) is 0. The maximum absolute atomic E-state index is 12.2. The van der Waals surface area contributed by atoms with Crippen molar-refractivity contribution in [3.8, 4) is 0 Å². The summed E-state index contributed by atoms with van der Waals surface area (Å²) >= 11 is 5.98. The molecular formula is C17H15ClN4O2. The lowest BCUT2D eigenvalue weighted by atomic mass is 10.2. The number of nitrogens with zero attached hydrogens (tertiary/aromatic N) is 1. The third-order valence-electron chi connectivity index (χ3n) is 3.49. The molecule has 2 aromatic carbocycles. The molecule has 0 aliphatic rings. The van der Waals surface area contributed by atoms with E-state index in [-0.39, 0.29) is 5.91 Å². The highest BCUT2D eigenvalue weighted by Gasteiger charge is 2.19. The Morgan fingerprint density at radius 1 is 1.12 bits per heavy atom. The molecule has 3 N–H and O–H groups in total. The van der Waals surface area contributed by atoms with Gasteiger partial charge in [-0.2, -0.15) is 0 Å². The second kappa shape index (κ2) is 6.72. The van der Waals surface area contributed by atoms with Gasteiger partial charge in [-0.3, -0.25) is 14.9 Å². The normalized spacial score (nSPS) is 11.9. The van der Waals surface area contributed by atoms with E-state index in [1.165, 1.54) is 0 Å². The molecule has 0 radical (unpaired) electrons. The zero-order chi connectivity index (χ0) is 17.1. The number of rotatable bonds is 4. The number of fused-ring (bicyclic) bond motifs is 1. The van der Waals surface area contributed by atoms with Crippen molar-refractivity contribution in [2.24, 2.45) is 0 Å². The van der Waals surface area contributed by atoms with Gasteiger partial charge in [0.05, 0.1) is 21.6 Å². The second-order valence-electron chi connectivity index (χ2n) is 5.27. The Morgan fingerprint density at radius 3 is 2.58 bits per heavy atom. The van der Waals surface area contributed by atoms with Gasteiger partial charge in [0.2, 0.25) is 11.9 Å². The van der Waals surface area contributed by atoms with Crippen LogP contribution in [0.4, 0.5) is 5.95 Å². The molecule has 3 aromatic rings. The van der Waals surface area contributed by atoms with Gasteiger partial charge in [0.15, 0.2) is 0 Å². The quantitative estimate of drug-likeness (QED) is 0.681. The number of carbonyl (C=O) groups is 2. The zero-order valence-corrected chi connectivity index (χ0v) is 13.6. The fraction of sp³-hybridized carbons (Fsp3) is 0.118. The molecule has 2 amide bonds. The molecule has 122 valence electrons. The summed E-state index contributed by atoms with van der Waals surface area (Å²) in [6, 6.07) is 13.3. The average Bonchev–Trinajstić information content (AvgIpc) is 2.97. The minimum absolute atomic E-state index is 0.322. The lowest BCUT2D eigenvalue weighted by molar-refractivity contribution is -0.117. The van der Waals surface area contributed by atoms with E-state index in [9.17, 15) is 9.59 Å². The summed E-state index contributed by atoms with van der Waals surface area (Å²) in [5, 5.41) is 5.60. The van der Waals surface area contributed by atoms with E-state index in [0.717, 1.165) is 11.0 Å². The molecule has 3 rings (SSSR count). The largest absolute Gasteiger partial charge is 0.340 e. The Kier molecular flexibility index (Phi) is 4.48. The van der Waals surface area contributed by atoms with Gasteiger partial charge in [-0.05, 0) is 31.2 Å². The van der Waals surface area contributed by atoms with Crippen molar-refractivity contribution in [2.45, 2.75) is 13.0 Å². The molecule has 6 nitrogen and oxygen atoms in total. The van der Waals surface area contributed by atoms with Gasteiger partial charge in [-0.15, -0.1) is 0 Å². The Morgan fingerprint density at radius 2 is 1.83 bits per heavy atom. The predicted molar refractivity (Wildman–Crippen MR) is 93.1 cm³/mol. The van der Waals surface area contributed by atoms with Crippen molar-refractivity contribution in [3.05, 3.63) is 59.1 Å². The number of anilines is 1. The van der Waals surface area contributed by atoms with Crippen molar-refractivity contribution in [2.75, 3.05) is 5.32 Å². The molecule has 0 saturated carbocycles. The maximum atomic E-state index is 12.2. The first-order valence-corrected chi connectivity index (χ1v) is 7.73. The maximum Gasteiger partial charge on any atom is 0.253 e. The van der Waals surface area contributed by atoms with Crippen LogP contribution in [0.1, 0.15) is 17.3 Å². The van der Waals surface area contributed by atoms with Crippen LogP contribution in [0.25, 0.3) is 11.0 Å². The highest BCUT2D eigenvalue weighted by Crippen LogP contribution is 2.15. The lowest BCUT2D eigenvalue weighted by Crippen LogP contribution is -2.41. The average molecular weight is 343 g/mol. The zero-order valence-electron chi connectivity index (χ0n) is 12.8. The smallest absolute Gasteiger partial charge is 0.253 e. The van der Waals surface area contributed by atoms with Crippen LogP contribution in [0.3, 0.4) is 0 Å². The molecule has 1 atom stereocenters. The van der Waals surface area contributed by atoms with Crippen LogP contribution in [0, 0.1) is 0 Å². The van der Waals surface area contributed by atoms with Crippen molar-refractivity contribution < 1.29 is 9.59 Å². The van der Waals surface area contributed by atoms with E-state index in [4.69, 9.17) is 11.6 Å². The molecule has 0 aliphatic carbocycles. The van der Waals surface area contributed by atoms with Gasteiger partial charge < -0.3 is 10.3 Å². The number of aromatic nitrogens is 2. The van der Waals surface area contributed by atoms with E-state index in [0.29, 0.717) is 16.5 Å². The summed E-state index contributed by atoms with van der Waals surface area (Å²) < 4.78 is 0. The van der Waals surface area contributed by atoms with Gasteiger partial charge >= 0.3 is 0 Å². The van der Waals surface area contributed by atoms with Gasteiger partial charge in [0.25, 0.3) is 5.91 Å². The topological polar surface area (TPSA) is 86.9 Å². The van der Waals surface area contributed by atoms with Crippen LogP contribution in [0.5, 0.6) is 0 Å². The number of halogens is 1. The van der Waals surface area contributed by atoms with Crippen LogP contribution in [0.2, 0.25) is 5.02 Å². The van der Waals surface area contributed by atoms with Crippen molar-refractivity contribution in [1.82, 2.24) is 15.3 Å². The molecule has 0 saturated heterocycles. The minimum atomic E-state index is -0.748. The lowest BCUT2D eigenvalue weighted by Gasteiger charge is -2.13. The standard InChI is InChI=1S/C17H15ClN4O2/c1-10(19-16(24)11-6-2-3-7-12(11)18)15(23)22-17-20-13-8-4-5-9-14(13)21-17/h2-10H,1H3,(H,19,24)(H2,20,21,22,23)/t10-/m1/s1. The van der Waals surface area contributed by atoms with Crippen LogP contribution < -0.4 is 10.6 Å². The summed E-state index contributed by atoms with van der Waals surface area (Å²) in [4.78, 5) is 31.7. The number of aromatic amines is 1. The first-order valence-electron chi connectivity index (χ1n) is 7.35. The number of amides is 2. The molecule has 1 heterocycles. The number of para-hydroxylation sites is 2. The first-order chi connectivity index (χ1) is 11.5. The molecular weight excluding hydrogens is 328 g/mol. The molecule has 0 spiro atoms. The van der Waals surface area contributed by atoms with Gasteiger partial charge in [0.1, 0.15) is 6.04 Å². The fourth-order valence-corrected chi connectivity index (χ4v) is 2.44. The van der Waals surface area contributed by atoms with Crippen molar-refractivity contribution >= 4 is 40.4 Å². The monoisotopic (exact) mass is 342 g/mol. The first kappa shape index (κ1) is 16.0. The van der Waals surface area contributed by atoms with Crippen LogP contribution >= 0.6 is 11.6 Å². The summed E-state index contributed by atoms with van der Waals surface area (Å²) in [6.45, 7) is 1.59. The SMILES string of the molecule is C[C@@H](NC(=O)c1ccccc1Cl)C(=O)Nc1nc2ccccc2[nH]1. The molecule has 0 fully saturated rings. The Bertz CT molecular complexity index is 873. The Balaban J connectivity index is 1.66. The predicted octanol–water partition coefficient (Wildman–Crippen LogP) is 2.97. The third kappa shape index (κ3) is 3.38. The van der Waals surface area contributed by atoms with Crippen molar-refractivity contribution in [3.63, 3.8) is 0 Å². The number of benzene rings is 2.